The number of benzene rings is 1. The Bertz CT molecular complexity index is 883. The molecule has 2 atom stereocenters. The van der Waals surface area contributed by atoms with E-state index < -0.39 is 23.8 Å². The summed E-state index contributed by atoms with van der Waals surface area (Å²) in [5.41, 5.74) is 2.78. The van der Waals surface area contributed by atoms with E-state index in [2.05, 4.69) is 4.99 Å². The smallest absolute Gasteiger partial charge is 0.315 e. The molecule has 1 aromatic rings. The number of allylic oxidation sites excluding steroid dienone is 2. The Morgan fingerprint density at radius 2 is 1.87 bits per heavy atom. The maximum absolute atomic E-state index is 13.0. The molecule has 0 aromatic heterocycles. The van der Waals surface area contributed by atoms with Crippen molar-refractivity contribution in [1.29, 1.82) is 0 Å². The van der Waals surface area contributed by atoms with Gasteiger partial charge in [-0.2, -0.15) is 0 Å². The highest BCUT2D eigenvalue weighted by Gasteiger charge is 2.43. The lowest BCUT2D eigenvalue weighted by Crippen LogP contribution is -2.37. The number of nitrogens with zero attached hydrogens (tertiary/aromatic N) is 1. The van der Waals surface area contributed by atoms with Gasteiger partial charge in [0.25, 0.3) is 0 Å². The predicted octanol–water partition coefficient (Wildman–Crippen LogP) is 3.37. The van der Waals surface area contributed by atoms with Crippen LogP contribution in [-0.2, 0) is 23.9 Å². The second-order valence-corrected chi connectivity index (χ2v) is 7.37. The molecule has 7 nitrogen and oxygen atoms in total. The van der Waals surface area contributed by atoms with Crippen LogP contribution in [0.3, 0.4) is 0 Å². The molecule has 0 N–H and O–H groups in total. The van der Waals surface area contributed by atoms with Crippen LogP contribution >= 0.6 is 0 Å². The van der Waals surface area contributed by atoms with Crippen molar-refractivity contribution >= 4 is 23.4 Å². The Morgan fingerprint density at radius 1 is 1.13 bits per heavy atom. The van der Waals surface area contributed by atoms with Crippen LogP contribution in [0.2, 0.25) is 0 Å². The monoisotopic (exact) mass is 413 g/mol. The van der Waals surface area contributed by atoms with Crippen molar-refractivity contribution in [2.24, 2.45) is 10.9 Å². The fraction of sp³-hybridized carbons (Fsp3) is 0.478. The Kier molecular flexibility index (Phi) is 7.15. The standard InChI is InChI=1S/C23H27NO6/c1-4-28-12-13-29-23(27)20-14(2)24-18-6-5-7-19(26)22(18)21(20)16-8-10-17(11-9-16)30-15(3)25/h8-11,20-21H,4-7,12-13H2,1-3H3/t20?,21-/m0/s1. The topological polar surface area (TPSA) is 91.3 Å². The number of aliphatic imine (C=N–C) groups is 1. The van der Waals surface area contributed by atoms with Crippen LogP contribution in [0, 0.1) is 5.92 Å². The lowest BCUT2D eigenvalue weighted by molar-refractivity contribution is -0.148. The van der Waals surface area contributed by atoms with Gasteiger partial charge in [0.15, 0.2) is 5.78 Å². The zero-order chi connectivity index (χ0) is 21.7. The highest BCUT2D eigenvalue weighted by molar-refractivity contribution is 6.08. The van der Waals surface area contributed by atoms with Gasteiger partial charge in [0, 0.05) is 42.9 Å². The van der Waals surface area contributed by atoms with Gasteiger partial charge >= 0.3 is 11.9 Å². The van der Waals surface area contributed by atoms with E-state index in [-0.39, 0.29) is 12.4 Å². The first-order valence-electron chi connectivity index (χ1n) is 10.3. The maximum Gasteiger partial charge on any atom is 0.315 e. The summed E-state index contributed by atoms with van der Waals surface area (Å²) in [7, 11) is 0. The lowest BCUT2D eigenvalue weighted by Gasteiger charge is -2.34. The van der Waals surface area contributed by atoms with Crippen molar-refractivity contribution < 1.29 is 28.6 Å². The van der Waals surface area contributed by atoms with Crippen LogP contribution in [0.4, 0.5) is 0 Å². The van der Waals surface area contributed by atoms with Gasteiger partial charge in [-0.1, -0.05) is 12.1 Å². The molecule has 3 rings (SSSR count). The van der Waals surface area contributed by atoms with E-state index in [1.165, 1.54) is 6.92 Å². The van der Waals surface area contributed by atoms with E-state index in [4.69, 9.17) is 14.2 Å². The number of hydrogen-bond acceptors (Lipinski definition) is 7. The molecule has 1 unspecified atom stereocenters. The SMILES string of the molecule is CCOCCOC(=O)C1C(C)=NC2=C(C(=O)CCC2)[C@H]1c1ccc(OC(C)=O)cc1. The van der Waals surface area contributed by atoms with Gasteiger partial charge in [0.1, 0.15) is 18.3 Å². The largest absolute Gasteiger partial charge is 0.463 e. The molecule has 7 heteroatoms. The van der Waals surface area contributed by atoms with E-state index in [0.29, 0.717) is 43.1 Å². The summed E-state index contributed by atoms with van der Waals surface area (Å²) < 4.78 is 15.8. The zero-order valence-electron chi connectivity index (χ0n) is 17.6. The second kappa shape index (κ2) is 9.80. The summed E-state index contributed by atoms with van der Waals surface area (Å²) in [6.07, 6.45) is 1.92. The summed E-state index contributed by atoms with van der Waals surface area (Å²) in [6, 6.07) is 6.91. The van der Waals surface area contributed by atoms with Gasteiger partial charge in [-0.05, 0) is 44.4 Å². The first-order valence-corrected chi connectivity index (χ1v) is 10.3. The molecule has 0 bridgehead atoms. The summed E-state index contributed by atoms with van der Waals surface area (Å²) in [5.74, 6) is -1.56. The van der Waals surface area contributed by atoms with E-state index in [9.17, 15) is 14.4 Å². The Labute approximate surface area is 176 Å². The third-order valence-electron chi connectivity index (χ3n) is 5.27. The summed E-state index contributed by atoms with van der Waals surface area (Å²) in [4.78, 5) is 41.6. The average Bonchev–Trinajstić information content (AvgIpc) is 2.70. The number of carbonyl (C=O) groups is 3. The van der Waals surface area contributed by atoms with Crippen LogP contribution in [0.1, 0.15) is 51.5 Å². The van der Waals surface area contributed by atoms with Crippen molar-refractivity contribution in [2.75, 3.05) is 19.8 Å². The van der Waals surface area contributed by atoms with Crippen LogP contribution in [-0.4, -0.2) is 43.3 Å². The number of esters is 2. The molecule has 160 valence electrons. The fourth-order valence-corrected chi connectivity index (χ4v) is 4.02. The van der Waals surface area contributed by atoms with Crippen molar-refractivity contribution in [1.82, 2.24) is 0 Å². The summed E-state index contributed by atoms with van der Waals surface area (Å²) in [6.45, 7) is 6.02. The molecule has 1 aromatic carbocycles. The highest BCUT2D eigenvalue weighted by atomic mass is 16.6. The minimum atomic E-state index is -0.688. The molecule has 1 aliphatic carbocycles. The van der Waals surface area contributed by atoms with Crippen molar-refractivity contribution in [3.63, 3.8) is 0 Å². The number of hydrogen-bond donors (Lipinski definition) is 0. The molecule has 0 saturated heterocycles. The molecule has 0 saturated carbocycles. The Morgan fingerprint density at radius 3 is 2.53 bits per heavy atom. The summed E-state index contributed by atoms with van der Waals surface area (Å²) >= 11 is 0. The maximum atomic E-state index is 13.0. The molecule has 0 fully saturated rings. The third kappa shape index (κ3) is 4.84. The highest BCUT2D eigenvalue weighted by Crippen LogP contribution is 2.43. The van der Waals surface area contributed by atoms with Crippen molar-refractivity contribution in [3.8, 4) is 5.75 Å². The van der Waals surface area contributed by atoms with Crippen molar-refractivity contribution in [3.05, 3.63) is 41.1 Å². The summed E-state index contributed by atoms with van der Waals surface area (Å²) in [5, 5.41) is 0. The van der Waals surface area contributed by atoms with Crippen LogP contribution in [0.25, 0.3) is 0 Å². The molecule has 1 aliphatic heterocycles. The molecule has 0 radical (unpaired) electrons. The van der Waals surface area contributed by atoms with E-state index in [1.807, 2.05) is 6.92 Å². The Hall–Kier alpha value is -2.80. The first kappa shape index (κ1) is 21.9. The third-order valence-corrected chi connectivity index (χ3v) is 5.27. The molecule has 0 amide bonds. The van der Waals surface area contributed by atoms with E-state index in [1.54, 1.807) is 31.2 Å². The van der Waals surface area contributed by atoms with Crippen LogP contribution in [0.5, 0.6) is 5.75 Å². The Balaban J connectivity index is 1.95. The fourth-order valence-electron chi connectivity index (χ4n) is 4.02. The molecule has 2 aliphatic rings. The molecule has 30 heavy (non-hydrogen) atoms. The minimum Gasteiger partial charge on any atom is -0.463 e. The number of rotatable bonds is 7. The first-order chi connectivity index (χ1) is 14.4. The van der Waals surface area contributed by atoms with Gasteiger partial charge in [-0.25, -0.2) is 0 Å². The molecular weight excluding hydrogens is 386 g/mol. The number of carbonyl (C=O) groups excluding carboxylic acids is 3. The average molecular weight is 413 g/mol. The zero-order valence-corrected chi connectivity index (χ0v) is 17.6. The van der Waals surface area contributed by atoms with Gasteiger partial charge in [0.05, 0.1) is 6.61 Å². The molecular formula is C23H27NO6. The lowest BCUT2D eigenvalue weighted by atomic mass is 9.72. The van der Waals surface area contributed by atoms with E-state index in [0.717, 1.165) is 17.7 Å². The number of Topliss-reactive ketones (excluding diaryl/α,β-unsaturated/α-hetero) is 1. The van der Waals surface area contributed by atoms with Crippen LogP contribution in [0.15, 0.2) is 40.5 Å². The molecule has 0 spiro atoms. The quantitative estimate of drug-likeness (QED) is 0.387. The minimum absolute atomic E-state index is 0.0219. The van der Waals surface area contributed by atoms with Gasteiger partial charge in [-0.15, -0.1) is 0 Å². The van der Waals surface area contributed by atoms with Gasteiger partial charge in [0.2, 0.25) is 0 Å². The van der Waals surface area contributed by atoms with E-state index >= 15 is 0 Å². The van der Waals surface area contributed by atoms with Crippen molar-refractivity contribution in [2.45, 2.75) is 46.0 Å². The van der Waals surface area contributed by atoms with Crippen LogP contribution < -0.4 is 4.74 Å². The van der Waals surface area contributed by atoms with Gasteiger partial charge < -0.3 is 14.2 Å². The van der Waals surface area contributed by atoms with Gasteiger partial charge in [-0.3, -0.25) is 19.4 Å². The predicted molar refractivity (Wildman–Crippen MR) is 110 cm³/mol. The number of ketones is 1. The normalized spacial score (nSPS) is 21.0. The number of ether oxygens (including phenoxy) is 3. The molecule has 1 heterocycles. The second-order valence-electron chi connectivity index (χ2n) is 7.37.